The number of aryl methyl sites for hydroxylation is 1. The van der Waals surface area contributed by atoms with Crippen LogP contribution in [-0.4, -0.2) is 36.2 Å². The summed E-state index contributed by atoms with van der Waals surface area (Å²) in [4.78, 5) is 23.6. The van der Waals surface area contributed by atoms with Crippen LogP contribution in [0.3, 0.4) is 0 Å². The summed E-state index contributed by atoms with van der Waals surface area (Å²) in [6.45, 7) is 1.44. The molecule has 0 fully saturated rings. The van der Waals surface area contributed by atoms with Crippen molar-refractivity contribution in [2.24, 2.45) is 0 Å². The smallest absolute Gasteiger partial charge is 0.303 e. The maximum Gasteiger partial charge on any atom is 0.303 e. The van der Waals surface area contributed by atoms with E-state index in [1.54, 1.807) is 0 Å². The summed E-state index contributed by atoms with van der Waals surface area (Å²) in [7, 11) is 0. The van der Waals surface area contributed by atoms with Gasteiger partial charge in [0.1, 0.15) is 12.4 Å². The number of carboxylic acids is 1. The molecular weight excluding hydrogens is 454 g/mol. The molecule has 0 aliphatic heterocycles. The third kappa shape index (κ3) is 10.7. The first-order chi connectivity index (χ1) is 17.6. The number of rotatable bonds is 16. The molecule has 0 heterocycles. The van der Waals surface area contributed by atoms with Gasteiger partial charge >= 0.3 is 5.97 Å². The number of nitrogens with one attached hydrogen (secondary N) is 1. The molecule has 3 rings (SSSR count). The van der Waals surface area contributed by atoms with E-state index in [-0.39, 0.29) is 24.8 Å². The molecule has 0 saturated carbocycles. The third-order valence-electron chi connectivity index (χ3n) is 5.80. The fraction of sp³-hybridized carbons (Fsp3) is 0.333. The number of benzene rings is 3. The zero-order valence-corrected chi connectivity index (χ0v) is 20.6. The number of aliphatic carboxylic acids is 1. The first-order valence-electron chi connectivity index (χ1n) is 12.5. The van der Waals surface area contributed by atoms with Crippen LogP contribution in [0.1, 0.15) is 42.4 Å². The SMILES string of the molecule is O=C(O)CC[C@H](Cc1ccc(OCc2ccccc2)cc1)NC(=O)CCOCCCc1ccccc1. The minimum Gasteiger partial charge on any atom is -0.489 e. The van der Waals surface area contributed by atoms with Crippen molar-refractivity contribution in [1.82, 2.24) is 5.32 Å². The predicted molar refractivity (Wildman–Crippen MR) is 140 cm³/mol. The molecule has 0 radical (unpaired) electrons. The van der Waals surface area contributed by atoms with Gasteiger partial charge in [-0.05, 0) is 54.5 Å². The summed E-state index contributed by atoms with van der Waals surface area (Å²) in [5.74, 6) is -0.241. The Balaban J connectivity index is 1.40. The largest absolute Gasteiger partial charge is 0.489 e. The van der Waals surface area contributed by atoms with E-state index in [2.05, 4.69) is 17.4 Å². The van der Waals surface area contributed by atoms with Crippen LogP contribution in [0.2, 0.25) is 0 Å². The maximum absolute atomic E-state index is 12.5. The lowest BCUT2D eigenvalue weighted by Crippen LogP contribution is -2.37. The average molecular weight is 490 g/mol. The Hall–Kier alpha value is -3.64. The standard InChI is InChI=1S/C30H35NO5/c32-29(19-21-35-20-7-12-24-8-3-1-4-9-24)31-27(15-18-30(33)34)22-25-13-16-28(17-14-25)36-23-26-10-5-2-6-11-26/h1-6,8-11,13-14,16-17,27H,7,12,15,18-23H2,(H,31,32)(H,33,34)/t27-/m1/s1. The van der Waals surface area contributed by atoms with Gasteiger partial charge in [0, 0.05) is 25.5 Å². The van der Waals surface area contributed by atoms with Crippen molar-refractivity contribution in [2.45, 2.75) is 51.2 Å². The van der Waals surface area contributed by atoms with E-state index >= 15 is 0 Å². The van der Waals surface area contributed by atoms with Gasteiger partial charge in [-0.25, -0.2) is 0 Å². The molecular formula is C30H35NO5. The fourth-order valence-electron chi connectivity index (χ4n) is 3.86. The molecule has 0 aliphatic rings. The Bertz CT molecular complexity index is 1040. The third-order valence-corrected chi connectivity index (χ3v) is 5.80. The molecule has 36 heavy (non-hydrogen) atoms. The zero-order chi connectivity index (χ0) is 25.4. The molecule has 0 unspecified atom stereocenters. The molecule has 6 nitrogen and oxygen atoms in total. The van der Waals surface area contributed by atoms with Crippen LogP contribution < -0.4 is 10.1 Å². The van der Waals surface area contributed by atoms with Crippen molar-refractivity contribution >= 4 is 11.9 Å². The highest BCUT2D eigenvalue weighted by molar-refractivity contribution is 5.76. The molecule has 1 amide bonds. The van der Waals surface area contributed by atoms with Gasteiger partial charge in [0.15, 0.2) is 0 Å². The average Bonchev–Trinajstić information content (AvgIpc) is 2.90. The highest BCUT2D eigenvalue weighted by atomic mass is 16.5. The fourth-order valence-corrected chi connectivity index (χ4v) is 3.86. The van der Waals surface area contributed by atoms with Gasteiger partial charge in [-0.3, -0.25) is 9.59 Å². The first-order valence-corrected chi connectivity index (χ1v) is 12.5. The highest BCUT2D eigenvalue weighted by Gasteiger charge is 2.15. The number of carbonyl (C=O) groups excluding carboxylic acids is 1. The number of carbonyl (C=O) groups is 2. The summed E-state index contributed by atoms with van der Waals surface area (Å²) in [5, 5.41) is 12.1. The van der Waals surface area contributed by atoms with Crippen molar-refractivity contribution in [3.63, 3.8) is 0 Å². The van der Waals surface area contributed by atoms with Gasteiger partial charge < -0.3 is 19.9 Å². The molecule has 0 aliphatic carbocycles. The van der Waals surface area contributed by atoms with Gasteiger partial charge in [-0.2, -0.15) is 0 Å². The quantitative estimate of drug-likeness (QED) is 0.270. The van der Waals surface area contributed by atoms with Gasteiger partial charge in [-0.15, -0.1) is 0 Å². The van der Waals surface area contributed by atoms with E-state index in [4.69, 9.17) is 14.6 Å². The van der Waals surface area contributed by atoms with Crippen LogP contribution in [0.4, 0.5) is 0 Å². The number of ether oxygens (including phenoxy) is 2. The Labute approximate surface area is 213 Å². The van der Waals surface area contributed by atoms with E-state index in [0.29, 0.717) is 32.7 Å². The Morgan fingerprint density at radius 2 is 1.44 bits per heavy atom. The van der Waals surface area contributed by atoms with Crippen molar-refractivity contribution in [2.75, 3.05) is 13.2 Å². The van der Waals surface area contributed by atoms with Crippen LogP contribution in [-0.2, 0) is 33.8 Å². The van der Waals surface area contributed by atoms with Crippen LogP contribution in [0.25, 0.3) is 0 Å². The molecule has 0 spiro atoms. The Morgan fingerprint density at radius 3 is 2.11 bits per heavy atom. The molecule has 3 aromatic carbocycles. The molecule has 6 heteroatoms. The van der Waals surface area contributed by atoms with Crippen LogP contribution in [0.15, 0.2) is 84.9 Å². The number of hydrogen-bond donors (Lipinski definition) is 2. The van der Waals surface area contributed by atoms with E-state index in [9.17, 15) is 9.59 Å². The number of amides is 1. The van der Waals surface area contributed by atoms with E-state index in [1.165, 1.54) is 5.56 Å². The minimum atomic E-state index is -0.874. The van der Waals surface area contributed by atoms with Crippen LogP contribution in [0.5, 0.6) is 5.75 Å². The molecule has 0 saturated heterocycles. The molecule has 2 N–H and O–H groups in total. The molecule has 3 aromatic rings. The van der Waals surface area contributed by atoms with Crippen molar-refractivity contribution in [3.05, 3.63) is 102 Å². The molecule has 1 atom stereocenters. The monoisotopic (exact) mass is 489 g/mol. The first kappa shape index (κ1) is 27.0. The second kappa shape index (κ2) is 15.4. The highest BCUT2D eigenvalue weighted by Crippen LogP contribution is 2.16. The van der Waals surface area contributed by atoms with Gasteiger partial charge in [-0.1, -0.05) is 72.8 Å². The topological polar surface area (TPSA) is 84.9 Å². The second-order valence-electron chi connectivity index (χ2n) is 8.77. The Morgan fingerprint density at radius 1 is 0.778 bits per heavy atom. The summed E-state index contributed by atoms with van der Waals surface area (Å²) in [5.41, 5.74) is 3.38. The van der Waals surface area contributed by atoms with E-state index < -0.39 is 5.97 Å². The van der Waals surface area contributed by atoms with Gasteiger partial charge in [0.05, 0.1) is 6.61 Å². The van der Waals surface area contributed by atoms with Crippen LogP contribution >= 0.6 is 0 Å². The van der Waals surface area contributed by atoms with Crippen molar-refractivity contribution in [1.29, 1.82) is 0 Å². The zero-order valence-electron chi connectivity index (χ0n) is 20.6. The maximum atomic E-state index is 12.5. The van der Waals surface area contributed by atoms with Gasteiger partial charge in [0.25, 0.3) is 0 Å². The lowest BCUT2D eigenvalue weighted by molar-refractivity contribution is -0.137. The lowest BCUT2D eigenvalue weighted by Gasteiger charge is -2.19. The normalized spacial score (nSPS) is 11.6. The summed E-state index contributed by atoms with van der Waals surface area (Å²) in [6, 6.07) is 27.6. The van der Waals surface area contributed by atoms with Crippen LogP contribution in [0, 0.1) is 0 Å². The summed E-state index contributed by atoms with van der Waals surface area (Å²) in [6.07, 6.45) is 3.01. The minimum absolute atomic E-state index is 0.000791. The summed E-state index contributed by atoms with van der Waals surface area (Å²) >= 11 is 0. The molecule has 0 bridgehead atoms. The van der Waals surface area contributed by atoms with Crippen molar-refractivity contribution < 1.29 is 24.2 Å². The Kier molecular flexibility index (Phi) is 11.5. The van der Waals surface area contributed by atoms with E-state index in [0.717, 1.165) is 29.7 Å². The lowest BCUT2D eigenvalue weighted by atomic mass is 10.0. The number of hydrogen-bond acceptors (Lipinski definition) is 4. The predicted octanol–water partition coefficient (Wildman–Crippen LogP) is 5.20. The molecule has 190 valence electrons. The van der Waals surface area contributed by atoms with Crippen molar-refractivity contribution in [3.8, 4) is 5.75 Å². The number of carboxylic acid groups (broad SMARTS) is 1. The second-order valence-corrected chi connectivity index (χ2v) is 8.77. The summed E-state index contributed by atoms with van der Waals surface area (Å²) < 4.78 is 11.5. The van der Waals surface area contributed by atoms with E-state index in [1.807, 2.05) is 72.8 Å². The molecule has 0 aromatic heterocycles. The van der Waals surface area contributed by atoms with Gasteiger partial charge in [0.2, 0.25) is 5.91 Å².